The van der Waals surface area contributed by atoms with Crippen LogP contribution in [0, 0.1) is 19.3 Å². The quantitative estimate of drug-likeness (QED) is 0.821. The molecule has 0 fully saturated rings. The highest BCUT2D eigenvalue weighted by Crippen LogP contribution is 2.32. The van der Waals surface area contributed by atoms with Crippen molar-refractivity contribution < 1.29 is 0 Å². The minimum atomic E-state index is 0.292. The molecule has 0 aliphatic rings. The van der Waals surface area contributed by atoms with Gasteiger partial charge in [0.15, 0.2) is 0 Å². The highest BCUT2D eigenvalue weighted by Gasteiger charge is 2.11. The van der Waals surface area contributed by atoms with Crippen LogP contribution < -0.4 is 5.32 Å². The molecule has 0 saturated carbocycles. The molecule has 1 nitrogen and oxygen atoms in total. The molecule has 0 spiro atoms. The molecule has 0 aliphatic heterocycles. The summed E-state index contributed by atoms with van der Waals surface area (Å²) in [5.41, 5.74) is 1.28. The Morgan fingerprint density at radius 3 is 2.85 bits per heavy atom. The maximum atomic E-state index is 5.29. The van der Waals surface area contributed by atoms with Crippen molar-refractivity contribution in [3.05, 3.63) is 20.3 Å². The van der Waals surface area contributed by atoms with Crippen LogP contribution in [-0.4, -0.2) is 7.05 Å². The number of halogens is 1. The molecule has 0 aliphatic carbocycles. The zero-order valence-corrected chi connectivity index (χ0v) is 10.1. The average molecular weight is 258 g/mol. The predicted molar refractivity (Wildman–Crippen MR) is 62.0 cm³/mol. The summed E-state index contributed by atoms with van der Waals surface area (Å²) in [5, 5.41) is 3.21. The molecule has 0 radical (unpaired) electrons. The van der Waals surface area contributed by atoms with Gasteiger partial charge in [-0.05, 0) is 41.5 Å². The van der Waals surface area contributed by atoms with E-state index < -0.39 is 0 Å². The number of aryl methyl sites for hydroxylation is 1. The first kappa shape index (κ1) is 10.8. The SMILES string of the molecule is C#CCC(NC)c1cc(C)c(Br)s1. The van der Waals surface area contributed by atoms with E-state index in [4.69, 9.17) is 6.42 Å². The summed E-state index contributed by atoms with van der Waals surface area (Å²) in [7, 11) is 1.94. The fraction of sp³-hybridized carbons (Fsp3) is 0.400. The van der Waals surface area contributed by atoms with E-state index in [1.54, 1.807) is 11.3 Å². The minimum Gasteiger partial charge on any atom is -0.312 e. The summed E-state index contributed by atoms with van der Waals surface area (Å²) in [6.07, 6.45) is 6.03. The minimum absolute atomic E-state index is 0.292. The summed E-state index contributed by atoms with van der Waals surface area (Å²) in [6, 6.07) is 2.47. The zero-order valence-electron chi connectivity index (χ0n) is 7.73. The van der Waals surface area contributed by atoms with Crippen molar-refractivity contribution in [2.24, 2.45) is 0 Å². The third kappa shape index (κ3) is 2.57. The molecule has 1 aromatic heterocycles. The van der Waals surface area contributed by atoms with Gasteiger partial charge in [0.1, 0.15) is 0 Å². The number of hydrogen-bond donors (Lipinski definition) is 1. The van der Waals surface area contributed by atoms with E-state index in [0.717, 1.165) is 6.42 Å². The lowest BCUT2D eigenvalue weighted by Crippen LogP contribution is -2.14. The van der Waals surface area contributed by atoms with Gasteiger partial charge >= 0.3 is 0 Å². The van der Waals surface area contributed by atoms with Gasteiger partial charge in [-0.2, -0.15) is 0 Å². The first-order valence-corrected chi connectivity index (χ1v) is 5.66. The first-order chi connectivity index (χ1) is 6.19. The molecule has 3 heteroatoms. The van der Waals surface area contributed by atoms with Gasteiger partial charge in [-0.25, -0.2) is 0 Å². The molecule has 0 saturated heterocycles. The molecule has 0 aromatic carbocycles. The van der Waals surface area contributed by atoms with Crippen LogP contribution in [0.4, 0.5) is 0 Å². The van der Waals surface area contributed by atoms with Crippen molar-refractivity contribution in [1.82, 2.24) is 5.32 Å². The Kier molecular flexibility index (Phi) is 3.98. The van der Waals surface area contributed by atoms with Crippen molar-refractivity contribution in [3.8, 4) is 12.3 Å². The Hall–Kier alpha value is -0.300. The maximum Gasteiger partial charge on any atom is 0.0731 e. The summed E-state index contributed by atoms with van der Waals surface area (Å²) >= 11 is 5.25. The normalized spacial score (nSPS) is 12.5. The van der Waals surface area contributed by atoms with Crippen molar-refractivity contribution in [3.63, 3.8) is 0 Å². The van der Waals surface area contributed by atoms with E-state index >= 15 is 0 Å². The number of nitrogens with one attached hydrogen (secondary N) is 1. The average Bonchev–Trinajstić information content (AvgIpc) is 2.43. The highest BCUT2D eigenvalue weighted by molar-refractivity contribution is 9.11. The van der Waals surface area contributed by atoms with Crippen LogP contribution in [0.3, 0.4) is 0 Å². The Morgan fingerprint density at radius 1 is 1.77 bits per heavy atom. The Bertz CT molecular complexity index is 305. The van der Waals surface area contributed by atoms with Gasteiger partial charge in [0.05, 0.1) is 9.83 Å². The largest absolute Gasteiger partial charge is 0.312 e. The number of rotatable bonds is 3. The van der Waals surface area contributed by atoms with Gasteiger partial charge < -0.3 is 5.32 Å². The van der Waals surface area contributed by atoms with Gasteiger partial charge in [0.2, 0.25) is 0 Å². The van der Waals surface area contributed by atoms with Crippen LogP contribution in [0.15, 0.2) is 9.85 Å². The smallest absolute Gasteiger partial charge is 0.0731 e. The van der Waals surface area contributed by atoms with E-state index in [1.165, 1.54) is 14.2 Å². The van der Waals surface area contributed by atoms with E-state index in [0.29, 0.717) is 6.04 Å². The van der Waals surface area contributed by atoms with Crippen LogP contribution in [0.1, 0.15) is 22.9 Å². The number of terminal acetylenes is 1. The van der Waals surface area contributed by atoms with E-state index in [-0.39, 0.29) is 0 Å². The lowest BCUT2D eigenvalue weighted by atomic mass is 10.1. The summed E-state index contributed by atoms with van der Waals surface area (Å²) in [6.45, 7) is 2.09. The second-order valence-electron chi connectivity index (χ2n) is 2.85. The van der Waals surface area contributed by atoms with E-state index in [1.807, 2.05) is 7.05 Å². The maximum absolute atomic E-state index is 5.29. The fourth-order valence-electron chi connectivity index (χ4n) is 1.12. The van der Waals surface area contributed by atoms with Crippen LogP contribution in [-0.2, 0) is 0 Å². The van der Waals surface area contributed by atoms with E-state index in [2.05, 4.69) is 40.2 Å². The lowest BCUT2D eigenvalue weighted by Gasteiger charge is -2.09. The van der Waals surface area contributed by atoms with Crippen LogP contribution in [0.5, 0.6) is 0 Å². The van der Waals surface area contributed by atoms with Gasteiger partial charge in [0.25, 0.3) is 0 Å². The molecular weight excluding hydrogens is 246 g/mol. The van der Waals surface area contributed by atoms with Gasteiger partial charge in [-0.15, -0.1) is 23.7 Å². The zero-order chi connectivity index (χ0) is 9.84. The van der Waals surface area contributed by atoms with Crippen LogP contribution in [0.2, 0.25) is 0 Å². The fourth-order valence-corrected chi connectivity index (χ4v) is 2.80. The van der Waals surface area contributed by atoms with Crippen molar-refractivity contribution in [2.75, 3.05) is 7.05 Å². The van der Waals surface area contributed by atoms with Crippen LogP contribution >= 0.6 is 27.3 Å². The summed E-state index contributed by atoms with van der Waals surface area (Å²) in [4.78, 5) is 1.30. The molecule has 70 valence electrons. The molecule has 1 heterocycles. The second kappa shape index (κ2) is 4.80. The third-order valence-electron chi connectivity index (χ3n) is 1.89. The molecule has 1 atom stereocenters. The van der Waals surface area contributed by atoms with Crippen molar-refractivity contribution in [1.29, 1.82) is 0 Å². The van der Waals surface area contributed by atoms with Gasteiger partial charge in [-0.3, -0.25) is 0 Å². The van der Waals surface area contributed by atoms with Crippen molar-refractivity contribution in [2.45, 2.75) is 19.4 Å². The summed E-state index contributed by atoms with van der Waals surface area (Å²) < 4.78 is 1.19. The molecular formula is C10H12BrNS. The molecule has 1 unspecified atom stereocenters. The molecule has 0 bridgehead atoms. The third-order valence-corrected chi connectivity index (χ3v) is 4.14. The molecule has 13 heavy (non-hydrogen) atoms. The summed E-state index contributed by atoms with van der Waals surface area (Å²) in [5.74, 6) is 2.67. The Morgan fingerprint density at radius 2 is 2.46 bits per heavy atom. The second-order valence-corrected chi connectivity index (χ2v) is 5.26. The number of thiophene rings is 1. The van der Waals surface area contributed by atoms with Gasteiger partial charge in [0, 0.05) is 11.3 Å². The lowest BCUT2D eigenvalue weighted by molar-refractivity contribution is 0.622. The van der Waals surface area contributed by atoms with Crippen LogP contribution in [0.25, 0.3) is 0 Å². The molecule has 1 aromatic rings. The number of hydrogen-bond acceptors (Lipinski definition) is 2. The highest BCUT2D eigenvalue weighted by atomic mass is 79.9. The predicted octanol–water partition coefficient (Wildman–Crippen LogP) is 3.10. The first-order valence-electron chi connectivity index (χ1n) is 4.05. The monoisotopic (exact) mass is 257 g/mol. The standard InChI is InChI=1S/C10H12BrNS/c1-4-5-8(12-3)9-6-7(2)10(11)13-9/h1,6,8,12H,5H2,2-3H3. The Balaban J connectivity index is 2.86. The topological polar surface area (TPSA) is 12.0 Å². The molecule has 1 N–H and O–H groups in total. The van der Waals surface area contributed by atoms with Gasteiger partial charge in [-0.1, -0.05) is 0 Å². The molecule has 1 rings (SSSR count). The Labute approximate surface area is 91.7 Å². The van der Waals surface area contributed by atoms with Crippen molar-refractivity contribution >= 4 is 27.3 Å². The van der Waals surface area contributed by atoms with E-state index in [9.17, 15) is 0 Å². The molecule has 0 amide bonds.